The summed E-state index contributed by atoms with van der Waals surface area (Å²) in [5.41, 5.74) is 1.35. The first kappa shape index (κ1) is 12.4. The Morgan fingerprint density at radius 1 is 1.11 bits per heavy atom. The highest BCUT2D eigenvalue weighted by atomic mass is 79.9. The number of hydrogen-bond donors (Lipinski definition) is 1. The minimum Gasteiger partial charge on any atom is -0.309 e. The summed E-state index contributed by atoms with van der Waals surface area (Å²) < 4.78 is 2.55. The van der Waals surface area contributed by atoms with Crippen LogP contribution in [0.5, 0.6) is 0 Å². The Kier molecular flexibility index (Phi) is 3.52. The molecule has 0 aliphatic carbocycles. The number of rotatable bonds is 3. The van der Waals surface area contributed by atoms with Gasteiger partial charge in [0.25, 0.3) is 0 Å². The van der Waals surface area contributed by atoms with Gasteiger partial charge in [0, 0.05) is 14.0 Å². The second-order valence-electron chi connectivity index (χ2n) is 4.04. The fourth-order valence-electron chi connectivity index (χ4n) is 2.18. The van der Waals surface area contributed by atoms with Crippen LogP contribution in [-0.4, -0.2) is 7.05 Å². The van der Waals surface area contributed by atoms with E-state index in [2.05, 4.69) is 62.3 Å². The van der Waals surface area contributed by atoms with Crippen molar-refractivity contribution in [3.05, 3.63) is 56.0 Å². The van der Waals surface area contributed by atoms with Crippen LogP contribution in [0.3, 0.4) is 0 Å². The van der Waals surface area contributed by atoms with E-state index in [-0.39, 0.29) is 6.04 Å². The van der Waals surface area contributed by atoms with Crippen molar-refractivity contribution in [3.63, 3.8) is 0 Å². The first-order valence-electron chi connectivity index (χ1n) is 5.67. The van der Waals surface area contributed by atoms with Gasteiger partial charge in [-0.15, -0.1) is 22.7 Å². The zero-order valence-corrected chi connectivity index (χ0v) is 13.0. The summed E-state index contributed by atoms with van der Waals surface area (Å²) >= 11 is 7.23. The fraction of sp³-hybridized carbons (Fsp3) is 0.143. The van der Waals surface area contributed by atoms with Crippen molar-refractivity contribution in [2.24, 2.45) is 0 Å². The molecule has 0 bridgehead atoms. The maximum atomic E-state index is 3.63. The number of thiophene rings is 2. The van der Waals surface area contributed by atoms with Crippen LogP contribution in [0.2, 0.25) is 0 Å². The van der Waals surface area contributed by atoms with Gasteiger partial charge in [-0.1, -0.05) is 18.2 Å². The molecule has 18 heavy (non-hydrogen) atoms. The molecule has 0 saturated carbocycles. The summed E-state index contributed by atoms with van der Waals surface area (Å²) in [6.45, 7) is 0. The second kappa shape index (κ2) is 5.13. The van der Waals surface area contributed by atoms with Gasteiger partial charge in [0.2, 0.25) is 0 Å². The standard InChI is InChI=1S/C14H12BrNS2/c1-16-12(14-11(15)6-8-18-14)10-4-2-3-9-5-7-17-13(9)10/h2-8,12,16H,1H3. The van der Waals surface area contributed by atoms with Crippen LogP contribution in [0.25, 0.3) is 10.1 Å². The van der Waals surface area contributed by atoms with E-state index in [1.54, 1.807) is 11.3 Å². The lowest BCUT2D eigenvalue weighted by Gasteiger charge is -2.16. The van der Waals surface area contributed by atoms with E-state index in [1.807, 2.05) is 18.4 Å². The highest BCUT2D eigenvalue weighted by Crippen LogP contribution is 2.37. The Hall–Kier alpha value is -0.680. The van der Waals surface area contributed by atoms with Crippen LogP contribution in [0.15, 0.2) is 45.6 Å². The lowest BCUT2D eigenvalue weighted by Crippen LogP contribution is -2.16. The van der Waals surface area contributed by atoms with Gasteiger partial charge >= 0.3 is 0 Å². The molecule has 3 rings (SSSR count). The number of halogens is 1. The van der Waals surface area contributed by atoms with Gasteiger partial charge in [-0.3, -0.25) is 0 Å². The molecule has 1 aromatic carbocycles. The molecule has 1 unspecified atom stereocenters. The molecule has 2 heterocycles. The van der Waals surface area contributed by atoms with Gasteiger partial charge in [-0.25, -0.2) is 0 Å². The van der Waals surface area contributed by atoms with Gasteiger partial charge < -0.3 is 5.32 Å². The predicted molar refractivity (Wildman–Crippen MR) is 84.7 cm³/mol. The quantitative estimate of drug-likeness (QED) is 0.706. The third-order valence-corrected chi connectivity index (χ3v) is 5.93. The first-order valence-corrected chi connectivity index (χ1v) is 8.22. The molecular weight excluding hydrogens is 326 g/mol. The van der Waals surface area contributed by atoms with Crippen molar-refractivity contribution in [1.29, 1.82) is 0 Å². The van der Waals surface area contributed by atoms with Crippen LogP contribution in [-0.2, 0) is 0 Å². The fourth-order valence-corrected chi connectivity index (χ4v) is 4.86. The molecule has 2 aromatic heterocycles. The molecule has 0 aliphatic heterocycles. The van der Waals surface area contributed by atoms with Crippen molar-refractivity contribution >= 4 is 48.7 Å². The summed E-state index contributed by atoms with van der Waals surface area (Å²) in [6, 6.07) is 11.1. The smallest absolute Gasteiger partial charge is 0.0694 e. The monoisotopic (exact) mass is 337 g/mol. The molecule has 0 amide bonds. The first-order chi connectivity index (χ1) is 8.81. The molecule has 0 saturated heterocycles. The van der Waals surface area contributed by atoms with E-state index < -0.39 is 0 Å². The highest BCUT2D eigenvalue weighted by molar-refractivity contribution is 9.10. The average molecular weight is 338 g/mol. The lowest BCUT2D eigenvalue weighted by atomic mass is 10.0. The molecule has 4 heteroatoms. The van der Waals surface area contributed by atoms with Crippen LogP contribution < -0.4 is 5.32 Å². The van der Waals surface area contributed by atoms with Crippen molar-refractivity contribution in [2.45, 2.75) is 6.04 Å². The zero-order valence-electron chi connectivity index (χ0n) is 9.81. The summed E-state index contributed by atoms with van der Waals surface area (Å²) in [6.07, 6.45) is 0. The Morgan fingerprint density at radius 2 is 1.94 bits per heavy atom. The third-order valence-electron chi connectivity index (χ3n) is 3.02. The van der Waals surface area contributed by atoms with Crippen molar-refractivity contribution in [1.82, 2.24) is 5.32 Å². The van der Waals surface area contributed by atoms with E-state index in [1.165, 1.54) is 25.0 Å². The van der Waals surface area contributed by atoms with E-state index in [4.69, 9.17) is 0 Å². The number of hydrogen-bond acceptors (Lipinski definition) is 3. The summed E-state index contributed by atoms with van der Waals surface area (Å²) in [5, 5.41) is 9.04. The molecule has 0 radical (unpaired) electrons. The van der Waals surface area contributed by atoms with E-state index in [0.717, 1.165) is 0 Å². The van der Waals surface area contributed by atoms with E-state index >= 15 is 0 Å². The highest BCUT2D eigenvalue weighted by Gasteiger charge is 2.18. The summed E-state index contributed by atoms with van der Waals surface area (Å²) in [5.74, 6) is 0. The molecule has 3 aromatic rings. The third kappa shape index (κ3) is 2.03. The minimum absolute atomic E-state index is 0.252. The second-order valence-corrected chi connectivity index (χ2v) is 6.76. The summed E-state index contributed by atoms with van der Waals surface area (Å²) in [7, 11) is 2.02. The van der Waals surface area contributed by atoms with Crippen molar-refractivity contribution < 1.29 is 0 Å². The maximum absolute atomic E-state index is 3.63. The zero-order chi connectivity index (χ0) is 12.5. The van der Waals surface area contributed by atoms with Gasteiger partial charge in [0.15, 0.2) is 0 Å². The van der Waals surface area contributed by atoms with E-state index in [9.17, 15) is 0 Å². The molecule has 1 N–H and O–H groups in total. The molecule has 0 spiro atoms. The minimum atomic E-state index is 0.252. The number of benzene rings is 1. The SMILES string of the molecule is CNC(c1sccc1Br)c1cccc2ccsc12. The van der Waals surface area contributed by atoms with Crippen molar-refractivity contribution in [3.8, 4) is 0 Å². The Labute approximate surface area is 123 Å². The maximum Gasteiger partial charge on any atom is 0.0694 e. The number of fused-ring (bicyclic) bond motifs is 1. The van der Waals surface area contributed by atoms with Gasteiger partial charge in [0.05, 0.1) is 6.04 Å². The van der Waals surface area contributed by atoms with E-state index in [0.29, 0.717) is 0 Å². The normalized spacial score (nSPS) is 13.0. The van der Waals surface area contributed by atoms with Crippen LogP contribution >= 0.6 is 38.6 Å². The van der Waals surface area contributed by atoms with Gasteiger partial charge in [-0.05, 0) is 56.8 Å². The van der Waals surface area contributed by atoms with Crippen LogP contribution in [0.4, 0.5) is 0 Å². The summed E-state index contributed by atoms with van der Waals surface area (Å²) in [4.78, 5) is 1.33. The molecule has 92 valence electrons. The molecule has 1 atom stereocenters. The van der Waals surface area contributed by atoms with Crippen LogP contribution in [0, 0.1) is 0 Å². The largest absolute Gasteiger partial charge is 0.309 e. The molecule has 0 fully saturated rings. The lowest BCUT2D eigenvalue weighted by molar-refractivity contribution is 0.707. The number of nitrogens with one attached hydrogen (secondary N) is 1. The Bertz CT molecular complexity index is 671. The topological polar surface area (TPSA) is 12.0 Å². The molecule has 1 nitrogen and oxygen atoms in total. The Balaban J connectivity index is 2.17. The molecule has 0 aliphatic rings. The van der Waals surface area contributed by atoms with Crippen LogP contribution in [0.1, 0.15) is 16.5 Å². The Morgan fingerprint density at radius 3 is 2.67 bits per heavy atom. The predicted octanol–water partition coefficient (Wildman–Crippen LogP) is 5.03. The average Bonchev–Trinajstić information content (AvgIpc) is 3.00. The van der Waals surface area contributed by atoms with Gasteiger partial charge in [-0.2, -0.15) is 0 Å². The molecular formula is C14H12BrNS2. The van der Waals surface area contributed by atoms with Crippen molar-refractivity contribution in [2.75, 3.05) is 7.05 Å². The van der Waals surface area contributed by atoms with Gasteiger partial charge in [0.1, 0.15) is 0 Å².